The Kier molecular flexibility index (Phi) is 6.40. The molecule has 0 radical (unpaired) electrons. The van der Waals surface area contributed by atoms with E-state index >= 15 is 0 Å². The van der Waals surface area contributed by atoms with Crippen molar-refractivity contribution < 1.29 is 9.53 Å². The van der Waals surface area contributed by atoms with Crippen molar-refractivity contribution in [3.63, 3.8) is 0 Å². The molecule has 0 fully saturated rings. The number of aliphatic imine (C=N–C) groups is 1. The number of hydrogen-bond donors (Lipinski definition) is 1. The van der Waals surface area contributed by atoms with Crippen LogP contribution in [0.25, 0.3) is 0 Å². The SMILES string of the molecule is CC(C)COC(=O)NC1=NCCSCCC1C. The molecule has 1 amide bonds. The summed E-state index contributed by atoms with van der Waals surface area (Å²) in [7, 11) is 0. The molecule has 0 bridgehead atoms. The van der Waals surface area contributed by atoms with Gasteiger partial charge in [0.25, 0.3) is 0 Å². The van der Waals surface area contributed by atoms with E-state index in [9.17, 15) is 4.79 Å². The van der Waals surface area contributed by atoms with Crippen molar-refractivity contribution in [2.45, 2.75) is 27.2 Å². The lowest BCUT2D eigenvalue weighted by atomic mass is 10.1. The summed E-state index contributed by atoms with van der Waals surface area (Å²) in [4.78, 5) is 16.0. The molecule has 1 aliphatic heterocycles. The van der Waals surface area contributed by atoms with Crippen LogP contribution < -0.4 is 5.32 Å². The maximum atomic E-state index is 11.5. The number of carbonyl (C=O) groups excluding carboxylic acids is 1. The minimum Gasteiger partial charge on any atom is -0.449 e. The van der Waals surface area contributed by atoms with Gasteiger partial charge in [0.2, 0.25) is 0 Å². The number of hydrogen-bond acceptors (Lipinski definition) is 4. The zero-order chi connectivity index (χ0) is 12.7. The van der Waals surface area contributed by atoms with E-state index in [0.717, 1.165) is 30.3 Å². The molecule has 1 N–H and O–H groups in total. The monoisotopic (exact) mass is 258 g/mol. The van der Waals surface area contributed by atoms with E-state index in [1.54, 1.807) is 0 Å². The van der Waals surface area contributed by atoms with E-state index in [1.165, 1.54) is 0 Å². The zero-order valence-electron chi connectivity index (χ0n) is 10.9. The number of ether oxygens (including phenoxy) is 1. The Labute approximate surface area is 108 Å². The third-order valence-corrected chi connectivity index (χ3v) is 3.45. The molecule has 1 rings (SSSR count). The molecule has 4 nitrogen and oxygen atoms in total. The second-order valence-electron chi connectivity index (χ2n) is 4.69. The van der Waals surface area contributed by atoms with Gasteiger partial charge in [0.05, 0.1) is 6.61 Å². The largest absolute Gasteiger partial charge is 0.449 e. The molecule has 0 aromatic rings. The van der Waals surface area contributed by atoms with Gasteiger partial charge in [0.1, 0.15) is 5.84 Å². The molecule has 5 heteroatoms. The van der Waals surface area contributed by atoms with Gasteiger partial charge in [-0.2, -0.15) is 11.8 Å². The maximum absolute atomic E-state index is 11.5. The molecule has 0 aromatic carbocycles. The van der Waals surface area contributed by atoms with Crippen LogP contribution in [-0.4, -0.2) is 36.6 Å². The number of nitrogens with zero attached hydrogens (tertiary/aromatic N) is 1. The minimum atomic E-state index is -0.377. The summed E-state index contributed by atoms with van der Waals surface area (Å²) < 4.78 is 5.09. The summed E-state index contributed by atoms with van der Waals surface area (Å²) in [5, 5.41) is 2.77. The third-order valence-electron chi connectivity index (χ3n) is 2.46. The van der Waals surface area contributed by atoms with Crippen molar-refractivity contribution in [3.8, 4) is 0 Å². The van der Waals surface area contributed by atoms with Crippen molar-refractivity contribution in [1.29, 1.82) is 0 Å². The predicted molar refractivity (Wildman–Crippen MR) is 72.7 cm³/mol. The number of rotatable bonds is 2. The molecule has 98 valence electrons. The highest BCUT2D eigenvalue weighted by molar-refractivity contribution is 7.99. The number of alkyl carbamates (subject to hydrolysis) is 1. The van der Waals surface area contributed by atoms with Gasteiger partial charge in [-0.3, -0.25) is 10.3 Å². The first-order chi connectivity index (χ1) is 8.09. The minimum absolute atomic E-state index is 0.300. The normalized spacial score (nSPS) is 21.4. The van der Waals surface area contributed by atoms with Crippen LogP contribution in [-0.2, 0) is 4.74 Å². The van der Waals surface area contributed by atoms with Gasteiger partial charge in [-0.15, -0.1) is 0 Å². The standard InChI is InChI=1S/C12H22N2O2S/c1-9(2)8-16-12(15)14-11-10(3)4-6-17-7-5-13-11/h9-10H,4-8H2,1-3H3,(H,13,14,15). The fraction of sp³-hybridized carbons (Fsp3) is 0.833. The molecular formula is C12H22N2O2S. The van der Waals surface area contributed by atoms with Crippen molar-refractivity contribution in [2.24, 2.45) is 16.8 Å². The van der Waals surface area contributed by atoms with E-state index in [-0.39, 0.29) is 6.09 Å². The molecule has 0 aliphatic carbocycles. The Bertz CT molecular complexity index is 280. The van der Waals surface area contributed by atoms with E-state index in [0.29, 0.717) is 18.4 Å². The summed E-state index contributed by atoms with van der Waals surface area (Å²) in [6.45, 7) is 7.34. The molecule has 1 atom stereocenters. The Balaban J connectivity index is 2.43. The highest BCUT2D eigenvalue weighted by Crippen LogP contribution is 2.13. The zero-order valence-corrected chi connectivity index (χ0v) is 11.7. The van der Waals surface area contributed by atoms with Gasteiger partial charge in [0.15, 0.2) is 0 Å². The Morgan fingerprint density at radius 3 is 3.06 bits per heavy atom. The second kappa shape index (κ2) is 7.58. The molecule has 0 spiro atoms. The fourth-order valence-electron chi connectivity index (χ4n) is 1.43. The lowest BCUT2D eigenvalue weighted by Gasteiger charge is -2.18. The summed E-state index contributed by atoms with van der Waals surface area (Å²) in [6, 6.07) is 0. The van der Waals surface area contributed by atoms with Crippen molar-refractivity contribution >= 4 is 23.7 Å². The van der Waals surface area contributed by atoms with E-state index in [4.69, 9.17) is 4.74 Å². The van der Waals surface area contributed by atoms with Crippen LogP contribution in [0.15, 0.2) is 4.99 Å². The first kappa shape index (κ1) is 14.4. The lowest BCUT2D eigenvalue weighted by Crippen LogP contribution is -2.37. The van der Waals surface area contributed by atoms with Gasteiger partial charge < -0.3 is 4.74 Å². The molecule has 0 saturated carbocycles. The Morgan fingerprint density at radius 2 is 2.35 bits per heavy atom. The summed E-state index contributed by atoms with van der Waals surface area (Å²) in [5.41, 5.74) is 0. The smallest absolute Gasteiger partial charge is 0.412 e. The molecule has 1 heterocycles. The molecular weight excluding hydrogens is 236 g/mol. The molecule has 17 heavy (non-hydrogen) atoms. The van der Waals surface area contributed by atoms with Gasteiger partial charge in [-0.05, 0) is 18.1 Å². The second-order valence-corrected chi connectivity index (χ2v) is 5.91. The van der Waals surface area contributed by atoms with Gasteiger partial charge in [-0.25, -0.2) is 4.79 Å². The van der Waals surface area contributed by atoms with Crippen LogP contribution in [0.3, 0.4) is 0 Å². The van der Waals surface area contributed by atoms with Crippen molar-refractivity contribution in [1.82, 2.24) is 5.32 Å². The fourth-order valence-corrected chi connectivity index (χ4v) is 2.38. The van der Waals surface area contributed by atoms with Crippen LogP contribution in [0.2, 0.25) is 0 Å². The first-order valence-electron chi connectivity index (χ1n) is 6.15. The molecule has 0 aromatic heterocycles. The van der Waals surface area contributed by atoms with Crippen LogP contribution in [0.1, 0.15) is 27.2 Å². The van der Waals surface area contributed by atoms with Crippen molar-refractivity contribution in [3.05, 3.63) is 0 Å². The molecule has 1 unspecified atom stereocenters. The highest BCUT2D eigenvalue weighted by Gasteiger charge is 2.16. The van der Waals surface area contributed by atoms with E-state index in [2.05, 4.69) is 17.2 Å². The van der Waals surface area contributed by atoms with E-state index in [1.807, 2.05) is 25.6 Å². The summed E-state index contributed by atoms with van der Waals surface area (Å²) in [5.74, 6) is 3.59. The van der Waals surface area contributed by atoms with E-state index < -0.39 is 0 Å². The summed E-state index contributed by atoms with van der Waals surface area (Å²) in [6.07, 6.45) is 0.672. The van der Waals surface area contributed by atoms with Crippen LogP contribution >= 0.6 is 11.8 Å². The maximum Gasteiger partial charge on any atom is 0.412 e. The average Bonchev–Trinajstić information content (AvgIpc) is 2.26. The van der Waals surface area contributed by atoms with Crippen LogP contribution in [0, 0.1) is 11.8 Å². The van der Waals surface area contributed by atoms with Gasteiger partial charge >= 0.3 is 6.09 Å². The molecule has 1 aliphatic rings. The average molecular weight is 258 g/mol. The Hall–Kier alpha value is -0.710. The highest BCUT2D eigenvalue weighted by atomic mass is 32.2. The number of nitrogens with one attached hydrogen (secondary N) is 1. The Morgan fingerprint density at radius 1 is 1.59 bits per heavy atom. The number of thioether (sulfide) groups is 1. The molecule has 0 saturated heterocycles. The van der Waals surface area contributed by atoms with Crippen LogP contribution in [0.5, 0.6) is 0 Å². The van der Waals surface area contributed by atoms with Gasteiger partial charge in [-0.1, -0.05) is 20.8 Å². The quantitative estimate of drug-likeness (QED) is 0.828. The third kappa shape index (κ3) is 5.96. The lowest BCUT2D eigenvalue weighted by molar-refractivity contribution is 0.137. The summed E-state index contributed by atoms with van der Waals surface area (Å²) >= 11 is 1.92. The first-order valence-corrected chi connectivity index (χ1v) is 7.31. The number of carbonyl (C=O) groups is 1. The van der Waals surface area contributed by atoms with Crippen molar-refractivity contribution in [2.75, 3.05) is 24.7 Å². The predicted octanol–water partition coefficient (Wildman–Crippen LogP) is 2.54. The topological polar surface area (TPSA) is 50.7 Å². The number of amides is 1. The number of amidine groups is 1. The van der Waals surface area contributed by atoms with Crippen LogP contribution in [0.4, 0.5) is 4.79 Å². The van der Waals surface area contributed by atoms with Gasteiger partial charge in [0, 0.05) is 18.2 Å².